The van der Waals surface area contributed by atoms with E-state index in [0.29, 0.717) is 11.8 Å². The van der Waals surface area contributed by atoms with Crippen molar-refractivity contribution in [1.29, 1.82) is 0 Å². The molecule has 94 valence electrons. The molecule has 0 radical (unpaired) electrons. The number of hydrogen-bond donors (Lipinski definition) is 2. The molecule has 0 saturated carbocycles. The first kappa shape index (κ1) is 12.3. The van der Waals surface area contributed by atoms with E-state index in [0.717, 1.165) is 25.1 Å². The Kier molecular flexibility index (Phi) is 4.46. The average Bonchev–Trinajstić information content (AvgIpc) is 2.41. The molecule has 5 nitrogen and oxygen atoms in total. The summed E-state index contributed by atoms with van der Waals surface area (Å²) in [6.45, 7) is 3.02. The first-order valence-corrected chi connectivity index (χ1v) is 6.14. The first-order valence-electron chi connectivity index (χ1n) is 6.14. The molecule has 5 heteroatoms. The predicted molar refractivity (Wildman–Crippen MR) is 72.9 cm³/mol. The van der Waals surface area contributed by atoms with Crippen LogP contribution in [0.5, 0.6) is 0 Å². The maximum absolute atomic E-state index is 4.34. The minimum Gasteiger partial charge on any atom is -0.353 e. The van der Waals surface area contributed by atoms with E-state index in [2.05, 4.69) is 32.7 Å². The van der Waals surface area contributed by atoms with Crippen LogP contribution >= 0.6 is 0 Å². The summed E-state index contributed by atoms with van der Waals surface area (Å²) >= 11 is 0. The van der Waals surface area contributed by atoms with Gasteiger partial charge in [-0.05, 0) is 18.6 Å². The summed E-state index contributed by atoms with van der Waals surface area (Å²) in [4.78, 5) is 4.34. The van der Waals surface area contributed by atoms with Crippen molar-refractivity contribution in [2.45, 2.75) is 19.8 Å². The van der Waals surface area contributed by atoms with E-state index in [4.69, 9.17) is 0 Å². The third-order valence-electron chi connectivity index (χ3n) is 2.42. The highest BCUT2D eigenvalue weighted by atomic mass is 15.3. The van der Waals surface area contributed by atoms with Gasteiger partial charge in [-0.1, -0.05) is 31.5 Å². The van der Waals surface area contributed by atoms with Crippen LogP contribution in [0.15, 0.2) is 36.5 Å². The van der Waals surface area contributed by atoms with Gasteiger partial charge in [-0.3, -0.25) is 0 Å². The number of anilines is 3. The number of aromatic nitrogens is 3. The molecular weight excluding hydrogens is 226 g/mol. The van der Waals surface area contributed by atoms with Gasteiger partial charge in [0.25, 0.3) is 0 Å². The van der Waals surface area contributed by atoms with E-state index in [1.807, 2.05) is 30.3 Å². The van der Waals surface area contributed by atoms with E-state index in [1.165, 1.54) is 0 Å². The van der Waals surface area contributed by atoms with Crippen LogP contribution in [-0.2, 0) is 0 Å². The van der Waals surface area contributed by atoms with Gasteiger partial charge in [-0.25, -0.2) is 0 Å². The Morgan fingerprint density at radius 2 is 2.00 bits per heavy atom. The number of hydrogen-bond acceptors (Lipinski definition) is 5. The highest BCUT2D eigenvalue weighted by molar-refractivity contribution is 5.55. The van der Waals surface area contributed by atoms with Gasteiger partial charge in [0.2, 0.25) is 5.95 Å². The number of unbranched alkanes of at least 4 members (excludes halogenated alkanes) is 1. The van der Waals surface area contributed by atoms with Crippen molar-refractivity contribution in [3.05, 3.63) is 36.5 Å². The molecule has 1 aromatic heterocycles. The molecule has 18 heavy (non-hydrogen) atoms. The van der Waals surface area contributed by atoms with Gasteiger partial charge in [0, 0.05) is 12.2 Å². The zero-order chi connectivity index (χ0) is 12.6. The fourth-order valence-electron chi connectivity index (χ4n) is 1.49. The Morgan fingerprint density at radius 3 is 2.78 bits per heavy atom. The summed E-state index contributed by atoms with van der Waals surface area (Å²) in [5.41, 5.74) is 0.984. The van der Waals surface area contributed by atoms with Crippen molar-refractivity contribution in [2.24, 2.45) is 0 Å². The molecule has 0 spiro atoms. The Labute approximate surface area is 107 Å². The van der Waals surface area contributed by atoms with Crippen molar-refractivity contribution in [2.75, 3.05) is 17.2 Å². The minimum absolute atomic E-state index is 0.560. The van der Waals surface area contributed by atoms with Gasteiger partial charge in [-0.2, -0.15) is 10.1 Å². The maximum atomic E-state index is 4.34. The highest BCUT2D eigenvalue weighted by Crippen LogP contribution is 2.13. The maximum Gasteiger partial charge on any atom is 0.244 e. The zero-order valence-electron chi connectivity index (χ0n) is 10.4. The van der Waals surface area contributed by atoms with Gasteiger partial charge in [-0.15, -0.1) is 5.10 Å². The zero-order valence-corrected chi connectivity index (χ0v) is 10.4. The monoisotopic (exact) mass is 243 g/mol. The molecule has 0 saturated heterocycles. The van der Waals surface area contributed by atoms with Crippen molar-refractivity contribution >= 4 is 17.5 Å². The largest absolute Gasteiger partial charge is 0.353 e. The van der Waals surface area contributed by atoms with E-state index in [9.17, 15) is 0 Å². The van der Waals surface area contributed by atoms with Crippen molar-refractivity contribution in [3.63, 3.8) is 0 Å². The Hall–Kier alpha value is -2.17. The molecule has 0 aliphatic heterocycles. The topological polar surface area (TPSA) is 62.7 Å². The average molecular weight is 243 g/mol. The molecule has 0 aliphatic carbocycles. The smallest absolute Gasteiger partial charge is 0.244 e. The molecule has 0 amide bonds. The summed E-state index contributed by atoms with van der Waals surface area (Å²) in [6, 6.07) is 9.87. The minimum atomic E-state index is 0.560. The number of para-hydroxylation sites is 1. The van der Waals surface area contributed by atoms with Crippen molar-refractivity contribution < 1.29 is 0 Å². The van der Waals surface area contributed by atoms with Crippen LogP contribution in [0.3, 0.4) is 0 Å². The summed E-state index contributed by atoms with van der Waals surface area (Å²) in [6.07, 6.45) is 3.85. The van der Waals surface area contributed by atoms with E-state index < -0.39 is 0 Å². The van der Waals surface area contributed by atoms with E-state index >= 15 is 0 Å². The molecule has 2 rings (SSSR count). The van der Waals surface area contributed by atoms with Gasteiger partial charge >= 0.3 is 0 Å². The molecule has 0 fully saturated rings. The Balaban J connectivity index is 1.99. The lowest BCUT2D eigenvalue weighted by molar-refractivity contribution is 0.819. The van der Waals surface area contributed by atoms with Crippen molar-refractivity contribution in [3.8, 4) is 0 Å². The molecule has 0 bridgehead atoms. The van der Waals surface area contributed by atoms with Gasteiger partial charge in [0.15, 0.2) is 5.82 Å². The first-order chi connectivity index (χ1) is 8.88. The molecule has 0 atom stereocenters. The second kappa shape index (κ2) is 6.54. The van der Waals surface area contributed by atoms with Crippen LogP contribution in [0.2, 0.25) is 0 Å². The Bertz CT molecular complexity index is 472. The van der Waals surface area contributed by atoms with E-state index in [-0.39, 0.29) is 0 Å². The third kappa shape index (κ3) is 3.69. The van der Waals surface area contributed by atoms with Gasteiger partial charge in [0.05, 0.1) is 6.20 Å². The van der Waals surface area contributed by atoms with Gasteiger partial charge in [0.1, 0.15) is 0 Å². The number of nitrogens with one attached hydrogen (secondary N) is 2. The lowest BCUT2D eigenvalue weighted by atomic mass is 10.3. The predicted octanol–water partition coefficient (Wildman–Crippen LogP) is 2.83. The normalized spacial score (nSPS) is 10.1. The van der Waals surface area contributed by atoms with Gasteiger partial charge < -0.3 is 10.6 Å². The number of benzene rings is 1. The van der Waals surface area contributed by atoms with Crippen LogP contribution in [0.1, 0.15) is 19.8 Å². The molecular formula is C13H17N5. The summed E-state index contributed by atoms with van der Waals surface area (Å²) < 4.78 is 0. The van der Waals surface area contributed by atoms with Crippen LogP contribution in [0.25, 0.3) is 0 Å². The highest BCUT2D eigenvalue weighted by Gasteiger charge is 2.00. The Morgan fingerprint density at radius 1 is 1.17 bits per heavy atom. The lowest BCUT2D eigenvalue weighted by Gasteiger charge is -2.06. The molecule has 0 aliphatic rings. The SMILES string of the molecule is CCCCNc1nncc(Nc2ccccc2)n1. The second-order valence-corrected chi connectivity index (χ2v) is 3.94. The summed E-state index contributed by atoms with van der Waals surface area (Å²) in [5.74, 6) is 1.25. The second-order valence-electron chi connectivity index (χ2n) is 3.94. The molecule has 1 aromatic carbocycles. The van der Waals surface area contributed by atoms with Crippen LogP contribution in [-0.4, -0.2) is 21.7 Å². The quantitative estimate of drug-likeness (QED) is 0.764. The van der Waals surface area contributed by atoms with E-state index in [1.54, 1.807) is 6.20 Å². The van der Waals surface area contributed by atoms with Crippen LogP contribution < -0.4 is 10.6 Å². The fraction of sp³-hybridized carbons (Fsp3) is 0.308. The molecule has 2 N–H and O–H groups in total. The third-order valence-corrected chi connectivity index (χ3v) is 2.42. The van der Waals surface area contributed by atoms with Crippen LogP contribution in [0.4, 0.5) is 17.5 Å². The molecule has 2 aromatic rings. The standard InChI is InChI=1S/C13H17N5/c1-2-3-9-14-13-17-12(10-15-18-13)16-11-7-5-4-6-8-11/h4-8,10H,2-3,9H2,1H3,(H2,14,16,17,18). The summed E-state index contributed by atoms with van der Waals surface area (Å²) in [7, 11) is 0. The fourth-order valence-corrected chi connectivity index (χ4v) is 1.49. The molecule has 0 unspecified atom stereocenters. The summed E-state index contributed by atoms with van der Waals surface area (Å²) in [5, 5.41) is 14.2. The number of nitrogens with zero attached hydrogens (tertiary/aromatic N) is 3. The van der Waals surface area contributed by atoms with Crippen molar-refractivity contribution in [1.82, 2.24) is 15.2 Å². The lowest BCUT2D eigenvalue weighted by Crippen LogP contribution is -2.07. The molecule has 1 heterocycles. The van der Waals surface area contributed by atoms with Crippen LogP contribution in [0, 0.1) is 0 Å². The number of rotatable bonds is 6.